The lowest BCUT2D eigenvalue weighted by atomic mass is 9.62. The Morgan fingerprint density at radius 2 is 2.13 bits per heavy atom. The van der Waals surface area contributed by atoms with Crippen LogP contribution in [0.15, 0.2) is 0 Å². The van der Waals surface area contributed by atoms with Gasteiger partial charge in [0.25, 0.3) is 0 Å². The largest absolute Gasteiger partial charge is 0.361 e. The number of hydrogen-bond donors (Lipinski definition) is 1. The van der Waals surface area contributed by atoms with Gasteiger partial charge < -0.3 is 4.74 Å². The molecule has 2 heteroatoms. The smallest absolute Gasteiger partial charge is 0.0973 e. The minimum Gasteiger partial charge on any atom is -0.361 e. The summed E-state index contributed by atoms with van der Waals surface area (Å²) >= 11 is 0. The summed E-state index contributed by atoms with van der Waals surface area (Å²) in [5.74, 6) is 2.79. The van der Waals surface area contributed by atoms with E-state index in [2.05, 4.69) is 12.2 Å². The van der Waals surface area contributed by atoms with Gasteiger partial charge in [-0.15, -0.1) is 0 Å². The van der Waals surface area contributed by atoms with Crippen molar-refractivity contribution in [3.05, 3.63) is 0 Å². The maximum atomic E-state index is 5.95. The molecule has 5 atom stereocenters. The fraction of sp³-hybridized carbons (Fsp3) is 1.00. The molecule has 86 valence electrons. The molecule has 0 amide bonds. The van der Waals surface area contributed by atoms with Crippen LogP contribution in [0.1, 0.15) is 45.4 Å². The topological polar surface area (TPSA) is 21.3 Å². The molecule has 0 aromatic rings. The summed E-state index contributed by atoms with van der Waals surface area (Å²) in [5.41, 5.74) is 0. The first-order valence-corrected chi connectivity index (χ1v) is 6.75. The van der Waals surface area contributed by atoms with Crippen LogP contribution in [-0.4, -0.2) is 18.9 Å². The van der Waals surface area contributed by atoms with Crippen LogP contribution in [0.3, 0.4) is 0 Å². The molecule has 1 heterocycles. The molecule has 0 aromatic carbocycles. The van der Waals surface area contributed by atoms with E-state index in [-0.39, 0.29) is 0 Å². The lowest BCUT2D eigenvalue weighted by molar-refractivity contribution is -0.0400. The Bertz CT molecular complexity index is 225. The first kappa shape index (κ1) is 10.1. The van der Waals surface area contributed by atoms with Crippen molar-refractivity contribution in [1.82, 2.24) is 5.32 Å². The highest BCUT2D eigenvalue weighted by atomic mass is 16.5. The molecule has 2 nitrogen and oxygen atoms in total. The van der Waals surface area contributed by atoms with Crippen LogP contribution >= 0.6 is 0 Å². The highest BCUT2D eigenvalue weighted by Gasteiger charge is 2.46. The zero-order chi connectivity index (χ0) is 10.3. The minimum absolute atomic E-state index is 0.550. The van der Waals surface area contributed by atoms with Gasteiger partial charge >= 0.3 is 0 Å². The standard InChI is InChI=1S/C13H23NO/c1-2-9-4-3-5-10-6-7-11-13(12(9)10)15-8-14-11/h9-14H,2-8H2,1H3/t9-,10?,11-,12-,13?/m1/s1. The summed E-state index contributed by atoms with van der Waals surface area (Å²) < 4.78 is 5.95. The zero-order valence-corrected chi connectivity index (χ0v) is 9.74. The summed E-state index contributed by atoms with van der Waals surface area (Å²) in [5, 5.41) is 3.51. The van der Waals surface area contributed by atoms with E-state index >= 15 is 0 Å². The summed E-state index contributed by atoms with van der Waals surface area (Å²) in [4.78, 5) is 0. The van der Waals surface area contributed by atoms with Crippen molar-refractivity contribution in [1.29, 1.82) is 0 Å². The van der Waals surface area contributed by atoms with Gasteiger partial charge in [-0.1, -0.05) is 32.6 Å². The number of fused-ring (bicyclic) bond motifs is 3. The third kappa shape index (κ3) is 1.62. The van der Waals surface area contributed by atoms with Crippen LogP contribution in [0.2, 0.25) is 0 Å². The van der Waals surface area contributed by atoms with E-state index < -0.39 is 0 Å². The maximum Gasteiger partial charge on any atom is 0.0973 e. The average molecular weight is 209 g/mol. The molecule has 3 fully saturated rings. The lowest BCUT2D eigenvalue weighted by Gasteiger charge is -2.46. The highest BCUT2D eigenvalue weighted by Crippen LogP contribution is 2.47. The summed E-state index contributed by atoms with van der Waals surface area (Å²) in [6.07, 6.45) is 9.07. The molecule has 2 unspecified atom stereocenters. The van der Waals surface area contributed by atoms with Crippen LogP contribution in [0, 0.1) is 17.8 Å². The van der Waals surface area contributed by atoms with Crippen molar-refractivity contribution in [3.8, 4) is 0 Å². The number of nitrogens with one attached hydrogen (secondary N) is 1. The zero-order valence-electron chi connectivity index (χ0n) is 9.74. The lowest BCUT2D eigenvalue weighted by Crippen LogP contribution is -2.48. The van der Waals surface area contributed by atoms with Gasteiger partial charge in [0.15, 0.2) is 0 Å². The van der Waals surface area contributed by atoms with E-state index in [9.17, 15) is 0 Å². The van der Waals surface area contributed by atoms with Crippen molar-refractivity contribution < 1.29 is 4.74 Å². The Morgan fingerprint density at radius 1 is 1.20 bits per heavy atom. The molecule has 1 N–H and O–H groups in total. The van der Waals surface area contributed by atoms with E-state index in [0.717, 1.165) is 24.5 Å². The second kappa shape index (κ2) is 4.06. The molecule has 3 aliphatic rings. The van der Waals surface area contributed by atoms with E-state index in [1.807, 2.05) is 0 Å². The van der Waals surface area contributed by atoms with E-state index in [1.54, 1.807) is 0 Å². The van der Waals surface area contributed by atoms with Gasteiger partial charge in [-0.2, -0.15) is 0 Å². The fourth-order valence-electron chi connectivity index (χ4n) is 4.28. The van der Waals surface area contributed by atoms with Crippen LogP contribution in [0.5, 0.6) is 0 Å². The third-order valence-electron chi connectivity index (χ3n) is 5.01. The van der Waals surface area contributed by atoms with Gasteiger partial charge in [-0.25, -0.2) is 0 Å². The highest BCUT2D eigenvalue weighted by molar-refractivity contribution is 4.98. The summed E-state index contributed by atoms with van der Waals surface area (Å²) in [6, 6.07) is 0.679. The number of rotatable bonds is 1. The van der Waals surface area contributed by atoms with E-state index in [4.69, 9.17) is 4.74 Å². The molecule has 3 rings (SSSR count). The van der Waals surface area contributed by atoms with Crippen molar-refractivity contribution in [2.24, 2.45) is 17.8 Å². The van der Waals surface area contributed by atoms with Crippen LogP contribution in [0.4, 0.5) is 0 Å². The molecule has 0 bridgehead atoms. The van der Waals surface area contributed by atoms with Crippen molar-refractivity contribution in [3.63, 3.8) is 0 Å². The van der Waals surface area contributed by atoms with Gasteiger partial charge in [-0.05, 0) is 30.6 Å². The second-order valence-electron chi connectivity index (χ2n) is 5.60. The Balaban J connectivity index is 1.80. The maximum absolute atomic E-state index is 5.95. The molecule has 2 saturated carbocycles. The van der Waals surface area contributed by atoms with Crippen molar-refractivity contribution in [2.45, 2.75) is 57.6 Å². The summed E-state index contributed by atoms with van der Waals surface area (Å²) in [7, 11) is 0. The Morgan fingerprint density at radius 3 is 3.00 bits per heavy atom. The Kier molecular flexibility index (Phi) is 2.73. The van der Waals surface area contributed by atoms with Crippen molar-refractivity contribution in [2.75, 3.05) is 6.73 Å². The molecule has 0 spiro atoms. The Labute approximate surface area is 92.8 Å². The molecule has 15 heavy (non-hydrogen) atoms. The van der Waals surface area contributed by atoms with Crippen LogP contribution in [0.25, 0.3) is 0 Å². The van der Waals surface area contributed by atoms with Crippen LogP contribution < -0.4 is 5.32 Å². The SMILES string of the molecule is CC[C@@H]1CCCC2CC[C@H]3NCOC3[C@@H]21. The van der Waals surface area contributed by atoms with Gasteiger partial charge in [0.05, 0.1) is 12.8 Å². The van der Waals surface area contributed by atoms with E-state index in [0.29, 0.717) is 12.1 Å². The van der Waals surface area contributed by atoms with Crippen molar-refractivity contribution >= 4 is 0 Å². The second-order valence-corrected chi connectivity index (χ2v) is 5.60. The molecule has 2 aliphatic carbocycles. The first-order valence-electron chi connectivity index (χ1n) is 6.75. The predicted molar refractivity (Wildman–Crippen MR) is 60.5 cm³/mol. The molecule has 0 radical (unpaired) electrons. The predicted octanol–water partition coefficient (Wildman–Crippen LogP) is 2.54. The van der Waals surface area contributed by atoms with Gasteiger partial charge in [0, 0.05) is 6.04 Å². The van der Waals surface area contributed by atoms with Gasteiger partial charge in [-0.3, -0.25) is 5.32 Å². The third-order valence-corrected chi connectivity index (χ3v) is 5.01. The van der Waals surface area contributed by atoms with Gasteiger partial charge in [0.2, 0.25) is 0 Å². The normalized spacial score (nSPS) is 49.8. The van der Waals surface area contributed by atoms with Crippen LogP contribution in [-0.2, 0) is 4.74 Å². The van der Waals surface area contributed by atoms with E-state index in [1.165, 1.54) is 38.5 Å². The molecule has 1 aliphatic heterocycles. The summed E-state index contributed by atoms with van der Waals surface area (Å²) in [6.45, 7) is 3.16. The molecule has 1 saturated heterocycles. The fourth-order valence-corrected chi connectivity index (χ4v) is 4.28. The van der Waals surface area contributed by atoms with Gasteiger partial charge in [0.1, 0.15) is 0 Å². The molecular formula is C13H23NO. The Hall–Kier alpha value is -0.0800. The quantitative estimate of drug-likeness (QED) is 0.716. The number of ether oxygens (including phenoxy) is 1. The number of hydrogen-bond acceptors (Lipinski definition) is 2. The minimum atomic E-state index is 0.550. The monoisotopic (exact) mass is 209 g/mol. The average Bonchev–Trinajstić information content (AvgIpc) is 2.76. The molecular weight excluding hydrogens is 186 g/mol. The molecule has 0 aromatic heterocycles. The first-order chi connectivity index (χ1) is 7.40.